The molecule has 1 amide bonds. The van der Waals surface area contributed by atoms with Crippen LogP contribution in [0.2, 0.25) is 0 Å². The van der Waals surface area contributed by atoms with Crippen LogP contribution in [0.3, 0.4) is 0 Å². The smallest absolute Gasteiger partial charge is 0.209 e. The summed E-state index contributed by atoms with van der Waals surface area (Å²) >= 11 is 0. The van der Waals surface area contributed by atoms with E-state index in [-0.39, 0.29) is 0 Å². The minimum Gasteiger partial charge on any atom is -0.379 e. The van der Waals surface area contributed by atoms with Gasteiger partial charge in [-0.2, -0.15) is 0 Å². The SMILES string of the molecule is CC(C)C.CC(C)C#CCN1CCOCC1.CN(C)C=O. The number of rotatable bonds is 2. The third kappa shape index (κ3) is 24.4. The van der Waals surface area contributed by atoms with E-state index in [4.69, 9.17) is 4.74 Å². The average molecular weight is 298 g/mol. The van der Waals surface area contributed by atoms with Crippen LogP contribution in [0.1, 0.15) is 34.6 Å². The minimum atomic E-state index is 0.492. The summed E-state index contributed by atoms with van der Waals surface area (Å²) in [5.41, 5.74) is 0. The Balaban J connectivity index is 0. The maximum absolute atomic E-state index is 9.43. The summed E-state index contributed by atoms with van der Waals surface area (Å²) in [6.07, 6.45) is 0.750. The number of morpholine rings is 1. The molecule has 4 heteroatoms. The molecular formula is C17H34N2O2. The van der Waals surface area contributed by atoms with Crippen LogP contribution >= 0.6 is 0 Å². The van der Waals surface area contributed by atoms with Crippen LogP contribution in [0.5, 0.6) is 0 Å². The molecule has 1 fully saturated rings. The highest BCUT2D eigenvalue weighted by Gasteiger charge is 2.07. The summed E-state index contributed by atoms with van der Waals surface area (Å²) < 4.78 is 5.24. The lowest BCUT2D eigenvalue weighted by Gasteiger charge is -2.24. The molecule has 0 aliphatic carbocycles. The number of nitrogens with zero attached hydrogens (tertiary/aromatic N) is 2. The molecule has 4 nitrogen and oxygen atoms in total. The topological polar surface area (TPSA) is 32.8 Å². The van der Waals surface area contributed by atoms with E-state index in [2.05, 4.69) is 51.4 Å². The van der Waals surface area contributed by atoms with Gasteiger partial charge >= 0.3 is 0 Å². The Hall–Kier alpha value is -1.05. The van der Waals surface area contributed by atoms with E-state index in [0.29, 0.717) is 5.92 Å². The second-order valence-electron chi connectivity index (χ2n) is 6.17. The Kier molecular flexibility index (Phi) is 16.2. The summed E-state index contributed by atoms with van der Waals surface area (Å²) in [4.78, 5) is 13.2. The summed E-state index contributed by atoms with van der Waals surface area (Å²) in [5, 5.41) is 0. The Bertz CT molecular complexity index is 282. The fourth-order valence-electron chi connectivity index (χ4n) is 1.12. The zero-order chi connectivity index (χ0) is 16.7. The van der Waals surface area contributed by atoms with Crippen molar-refractivity contribution in [3.63, 3.8) is 0 Å². The highest BCUT2D eigenvalue weighted by atomic mass is 16.5. The standard InChI is InChI=1S/C10H17NO.C4H10.C3H7NO/c1-10(2)4-3-5-11-6-8-12-9-7-11;1-4(2)3;1-4(2)3-5/h10H,5-9H2,1-2H3;4H,1-3H3;3H,1-2H3. The zero-order valence-corrected chi connectivity index (χ0v) is 15.0. The number of carbonyl (C=O) groups is 1. The van der Waals surface area contributed by atoms with Crippen molar-refractivity contribution in [2.75, 3.05) is 46.9 Å². The molecule has 1 aliphatic rings. The van der Waals surface area contributed by atoms with Gasteiger partial charge in [0.15, 0.2) is 0 Å². The number of carbonyl (C=O) groups excluding carboxylic acids is 1. The maximum Gasteiger partial charge on any atom is 0.209 e. The van der Waals surface area contributed by atoms with Crippen molar-refractivity contribution < 1.29 is 9.53 Å². The minimum absolute atomic E-state index is 0.492. The fourth-order valence-corrected chi connectivity index (χ4v) is 1.12. The molecule has 21 heavy (non-hydrogen) atoms. The molecule has 1 aliphatic heterocycles. The molecule has 1 saturated heterocycles. The normalized spacial score (nSPS) is 14.1. The summed E-state index contributed by atoms with van der Waals surface area (Å²) in [7, 11) is 3.38. The van der Waals surface area contributed by atoms with Gasteiger partial charge in [-0.15, -0.1) is 0 Å². The van der Waals surface area contributed by atoms with Crippen molar-refractivity contribution in [2.24, 2.45) is 11.8 Å². The number of hydrogen-bond donors (Lipinski definition) is 0. The Morgan fingerprint density at radius 2 is 1.57 bits per heavy atom. The van der Waals surface area contributed by atoms with Crippen LogP contribution in [-0.2, 0) is 9.53 Å². The highest BCUT2D eigenvalue weighted by Crippen LogP contribution is 1.95. The molecule has 0 atom stereocenters. The lowest BCUT2D eigenvalue weighted by Crippen LogP contribution is -2.36. The first kappa shape index (κ1) is 22.2. The number of ether oxygens (including phenoxy) is 1. The van der Waals surface area contributed by atoms with Crippen LogP contribution in [0, 0.1) is 23.7 Å². The Morgan fingerprint density at radius 3 is 1.90 bits per heavy atom. The van der Waals surface area contributed by atoms with Gasteiger partial charge < -0.3 is 9.64 Å². The van der Waals surface area contributed by atoms with Crippen molar-refractivity contribution >= 4 is 6.41 Å². The third-order valence-corrected chi connectivity index (χ3v) is 2.01. The molecule has 0 saturated carbocycles. The average Bonchev–Trinajstić information content (AvgIpc) is 2.39. The first-order valence-corrected chi connectivity index (χ1v) is 7.69. The Morgan fingerprint density at radius 1 is 1.14 bits per heavy atom. The zero-order valence-electron chi connectivity index (χ0n) is 15.0. The monoisotopic (exact) mass is 298 g/mol. The molecule has 0 aromatic heterocycles. The predicted octanol–water partition coefficient (Wildman–Crippen LogP) is 2.34. The van der Waals surface area contributed by atoms with E-state index >= 15 is 0 Å². The van der Waals surface area contributed by atoms with Crippen molar-refractivity contribution in [1.29, 1.82) is 0 Å². The Labute approximate surface area is 131 Å². The molecule has 0 aromatic carbocycles. The predicted molar refractivity (Wildman–Crippen MR) is 90.1 cm³/mol. The summed E-state index contributed by atoms with van der Waals surface area (Å²) in [6, 6.07) is 0. The van der Waals surface area contributed by atoms with E-state index in [0.717, 1.165) is 45.2 Å². The second-order valence-corrected chi connectivity index (χ2v) is 6.17. The molecule has 1 rings (SSSR count). The first-order chi connectivity index (χ1) is 9.79. The largest absolute Gasteiger partial charge is 0.379 e. The van der Waals surface area contributed by atoms with E-state index in [1.54, 1.807) is 14.1 Å². The quantitative estimate of drug-likeness (QED) is 0.579. The van der Waals surface area contributed by atoms with Crippen molar-refractivity contribution in [3.05, 3.63) is 0 Å². The summed E-state index contributed by atoms with van der Waals surface area (Å²) in [5.74, 6) is 7.66. The van der Waals surface area contributed by atoms with Crippen LogP contribution in [0.25, 0.3) is 0 Å². The molecular weight excluding hydrogens is 264 g/mol. The van der Waals surface area contributed by atoms with Gasteiger partial charge in [0.05, 0.1) is 19.8 Å². The lowest BCUT2D eigenvalue weighted by atomic mass is 10.2. The third-order valence-electron chi connectivity index (χ3n) is 2.01. The van der Waals surface area contributed by atoms with Crippen molar-refractivity contribution in [1.82, 2.24) is 9.80 Å². The summed E-state index contributed by atoms with van der Waals surface area (Å²) in [6.45, 7) is 15.4. The lowest BCUT2D eigenvalue weighted by molar-refractivity contribution is -0.115. The maximum atomic E-state index is 9.43. The van der Waals surface area contributed by atoms with Gasteiger partial charge in [0.2, 0.25) is 6.41 Å². The molecule has 0 bridgehead atoms. The van der Waals surface area contributed by atoms with E-state index in [9.17, 15) is 4.79 Å². The molecule has 0 aromatic rings. The van der Waals surface area contributed by atoms with Gasteiger partial charge in [-0.25, -0.2) is 0 Å². The van der Waals surface area contributed by atoms with Gasteiger partial charge in [-0.1, -0.05) is 46.5 Å². The van der Waals surface area contributed by atoms with Crippen LogP contribution in [-0.4, -0.2) is 63.2 Å². The fraction of sp³-hybridized carbons (Fsp3) is 0.824. The molecule has 0 spiro atoms. The molecule has 0 radical (unpaired) electrons. The van der Waals surface area contributed by atoms with E-state index in [1.807, 2.05) is 0 Å². The molecule has 0 N–H and O–H groups in total. The van der Waals surface area contributed by atoms with E-state index < -0.39 is 0 Å². The van der Waals surface area contributed by atoms with Gasteiger partial charge in [0, 0.05) is 33.1 Å². The number of hydrogen-bond acceptors (Lipinski definition) is 3. The molecule has 1 heterocycles. The van der Waals surface area contributed by atoms with Gasteiger partial charge in [0.25, 0.3) is 0 Å². The molecule has 0 unspecified atom stereocenters. The van der Waals surface area contributed by atoms with Crippen molar-refractivity contribution in [3.8, 4) is 11.8 Å². The van der Waals surface area contributed by atoms with Crippen LogP contribution < -0.4 is 0 Å². The van der Waals surface area contributed by atoms with Gasteiger partial charge in [-0.3, -0.25) is 9.69 Å². The highest BCUT2D eigenvalue weighted by molar-refractivity contribution is 5.45. The van der Waals surface area contributed by atoms with E-state index in [1.165, 1.54) is 4.90 Å². The van der Waals surface area contributed by atoms with Crippen LogP contribution in [0.4, 0.5) is 0 Å². The first-order valence-electron chi connectivity index (χ1n) is 7.69. The number of amides is 1. The van der Waals surface area contributed by atoms with Gasteiger partial charge in [0.1, 0.15) is 0 Å². The second kappa shape index (κ2) is 15.3. The molecule has 124 valence electrons. The van der Waals surface area contributed by atoms with Crippen LogP contribution in [0.15, 0.2) is 0 Å². The van der Waals surface area contributed by atoms with Gasteiger partial charge in [-0.05, 0) is 5.92 Å². The van der Waals surface area contributed by atoms with Crippen molar-refractivity contribution in [2.45, 2.75) is 34.6 Å².